The number of ether oxygens (including phenoxy) is 1. The Labute approximate surface area is 177 Å². The number of halogens is 1. The molecule has 0 fully saturated rings. The number of anilines is 1. The van der Waals surface area contributed by atoms with Crippen molar-refractivity contribution in [1.82, 2.24) is 4.98 Å². The van der Waals surface area contributed by atoms with Crippen LogP contribution in [0.2, 0.25) is 5.02 Å². The number of methoxy groups -OCH3 is 1. The minimum Gasteiger partial charge on any atom is -0.496 e. The van der Waals surface area contributed by atoms with Crippen molar-refractivity contribution in [3.05, 3.63) is 88.8 Å². The van der Waals surface area contributed by atoms with Crippen LogP contribution in [0.25, 0.3) is 21.8 Å². The Balaban J connectivity index is 1.51. The SMILES string of the molecule is COc1ccc(Cl)cc1C(=O)Nc1ccc(-c2csc(-c3ccccc3)n2)cc1. The van der Waals surface area contributed by atoms with E-state index in [0.29, 0.717) is 22.0 Å². The van der Waals surface area contributed by atoms with E-state index in [1.807, 2.05) is 60.0 Å². The van der Waals surface area contributed by atoms with Gasteiger partial charge in [0.05, 0.1) is 18.4 Å². The van der Waals surface area contributed by atoms with Gasteiger partial charge in [-0.1, -0.05) is 54.1 Å². The van der Waals surface area contributed by atoms with Crippen LogP contribution in [0.4, 0.5) is 5.69 Å². The van der Waals surface area contributed by atoms with Crippen LogP contribution in [0.15, 0.2) is 78.2 Å². The number of hydrogen-bond acceptors (Lipinski definition) is 4. The Kier molecular flexibility index (Phi) is 5.60. The van der Waals surface area contributed by atoms with Gasteiger partial charge in [0, 0.05) is 27.2 Å². The lowest BCUT2D eigenvalue weighted by molar-refractivity contribution is 0.102. The smallest absolute Gasteiger partial charge is 0.259 e. The molecule has 0 radical (unpaired) electrons. The highest BCUT2D eigenvalue weighted by molar-refractivity contribution is 7.13. The zero-order valence-electron chi connectivity index (χ0n) is 15.6. The van der Waals surface area contributed by atoms with Gasteiger partial charge in [-0.05, 0) is 30.3 Å². The molecule has 4 aromatic rings. The van der Waals surface area contributed by atoms with Gasteiger partial charge in [-0.25, -0.2) is 4.98 Å². The summed E-state index contributed by atoms with van der Waals surface area (Å²) in [6.45, 7) is 0. The van der Waals surface area contributed by atoms with E-state index in [0.717, 1.165) is 21.8 Å². The minimum absolute atomic E-state index is 0.280. The molecule has 0 saturated carbocycles. The van der Waals surface area contributed by atoms with Gasteiger partial charge in [-0.15, -0.1) is 11.3 Å². The first-order chi connectivity index (χ1) is 14.1. The Morgan fingerprint density at radius 3 is 2.48 bits per heavy atom. The molecule has 4 rings (SSSR count). The van der Waals surface area contributed by atoms with Crippen LogP contribution in [-0.2, 0) is 0 Å². The number of aromatic nitrogens is 1. The predicted molar refractivity (Wildman–Crippen MR) is 119 cm³/mol. The lowest BCUT2D eigenvalue weighted by Crippen LogP contribution is -2.13. The highest BCUT2D eigenvalue weighted by Crippen LogP contribution is 2.29. The van der Waals surface area contributed by atoms with Crippen molar-refractivity contribution < 1.29 is 9.53 Å². The molecule has 1 amide bonds. The molecule has 0 bridgehead atoms. The quantitative estimate of drug-likeness (QED) is 0.407. The fraction of sp³-hybridized carbons (Fsp3) is 0.0435. The average Bonchev–Trinajstić information content (AvgIpc) is 3.25. The van der Waals surface area contributed by atoms with Crippen LogP contribution < -0.4 is 10.1 Å². The van der Waals surface area contributed by atoms with E-state index in [-0.39, 0.29) is 5.91 Å². The molecular weight excluding hydrogens is 404 g/mol. The largest absolute Gasteiger partial charge is 0.496 e. The second-order valence-electron chi connectivity index (χ2n) is 6.28. The Morgan fingerprint density at radius 1 is 1.00 bits per heavy atom. The first kappa shape index (κ1) is 19.2. The van der Waals surface area contributed by atoms with E-state index < -0.39 is 0 Å². The summed E-state index contributed by atoms with van der Waals surface area (Å²) in [5.74, 6) is 0.191. The van der Waals surface area contributed by atoms with Crippen molar-refractivity contribution in [3.8, 4) is 27.6 Å². The first-order valence-electron chi connectivity index (χ1n) is 8.90. The van der Waals surface area contributed by atoms with Gasteiger partial charge < -0.3 is 10.1 Å². The number of benzene rings is 3. The summed E-state index contributed by atoms with van der Waals surface area (Å²) in [5.41, 5.74) is 4.06. The van der Waals surface area contributed by atoms with Crippen LogP contribution in [0.5, 0.6) is 5.75 Å². The van der Waals surface area contributed by atoms with Crippen LogP contribution in [0.1, 0.15) is 10.4 Å². The standard InChI is InChI=1S/C23H17ClN2O2S/c1-28-21-12-9-17(24)13-19(21)22(27)25-18-10-7-15(8-11-18)20-14-29-23(26-20)16-5-3-2-4-6-16/h2-14H,1H3,(H,25,27). The number of rotatable bonds is 5. The van der Waals surface area contributed by atoms with E-state index in [9.17, 15) is 4.79 Å². The summed E-state index contributed by atoms with van der Waals surface area (Å²) < 4.78 is 5.25. The van der Waals surface area contributed by atoms with Gasteiger partial charge in [-0.3, -0.25) is 4.79 Å². The normalized spacial score (nSPS) is 10.6. The summed E-state index contributed by atoms with van der Waals surface area (Å²) in [7, 11) is 1.52. The summed E-state index contributed by atoms with van der Waals surface area (Å²) >= 11 is 7.62. The number of nitrogens with one attached hydrogen (secondary N) is 1. The Morgan fingerprint density at radius 2 is 1.76 bits per heavy atom. The lowest BCUT2D eigenvalue weighted by atomic mass is 10.1. The number of thiazole rings is 1. The van der Waals surface area contributed by atoms with Crippen LogP contribution in [-0.4, -0.2) is 18.0 Å². The third kappa shape index (κ3) is 4.31. The Bertz CT molecular complexity index is 1140. The first-order valence-corrected chi connectivity index (χ1v) is 10.2. The zero-order chi connectivity index (χ0) is 20.2. The fourth-order valence-electron chi connectivity index (χ4n) is 2.90. The van der Waals surface area contributed by atoms with E-state index in [2.05, 4.69) is 5.32 Å². The van der Waals surface area contributed by atoms with E-state index in [1.165, 1.54) is 7.11 Å². The predicted octanol–water partition coefficient (Wildman–Crippen LogP) is 6.39. The van der Waals surface area contributed by atoms with Crippen molar-refractivity contribution in [3.63, 3.8) is 0 Å². The molecule has 0 aliphatic carbocycles. The molecule has 4 nitrogen and oxygen atoms in total. The maximum atomic E-state index is 12.6. The van der Waals surface area contributed by atoms with Crippen molar-refractivity contribution in [1.29, 1.82) is 0 Å². The molecule has 3 aromatic carbocycles. The highest BCUT2D eigenvalue weighted by Gasteiger charge is 2.13. The lowest BCUT2D eigenvalue weighted by Gasteiger charge is -2.10. The van der Waals surface area contributed by atoms with Gasteiger partial charge in [0.15, 0.2) is 0 Å². The van der Waals surface area contributed by atoms with Gasteiger partial charge >= 0.3 is 0 Å². The molecule has 0 saturated heterocycles. The molecule has 144 valence electrons. The molecule has 0 unspecified atom stereocenters. The summed E-state index contributed by atoms with van der Waals surface area (Å²) in [5, 5.41) is 6.36. The second kappa shape index (κ2) is 8.47. The van der Waals surface area contributed by atoms with E-state index >= 15 is 0 Å². The minimum atomic E-state index is -0.280. The number of amides is 1. The third-order valence-electron chi connectivity index (χ3n) is 4.37. The van der Waals surface area contributed by atoms with E-state index in [1.54, 1.807) is 29.5 Å². The monoisotopic (exact) mass is 420 g/mol. The highest BCUT2D eigenvalue weighted by atomic mass is 35.5. The maximum Gasteiger partial charge on any atom is 0.259 e. The molecule has 1 N–H and O–H groups in total. The van der Waals surface area contributed by atoms with Crippen LogP contribution in [0, 0.1) is 0 Å². The Hall–Kier alpha value is -3.15. The summed E-state index contributed by atoms with van der Waals surface area (Å²) in [6, 6.07) is 22.6. The molecule has 29 heavy (non-hydrogen) atoms. The van der Waals surface area contributed by atoms with Gasteiger partial charge in [-0.2, -0.15) is 0 Å². The van der Waals surface area contributed by atoms with Crippen molar-refractivity contribution in [2.45, 2.75) is 0 Å². The number of carbonyl (C=O) groups is 1. The maximum absolute atomic E-state index is 12.6. The number of carbonyl (C=O) groups excluding carboxylic acids is 1. The van der Waals surface area contributed by atoms with Gasteiger partial charge in [0.1, 0.15) is 10.8 Å². The average molecular weight is 421 g/mol. The molecule has 0 spiro atoms. The molecule has 0 aliphatic rings. The zero-order valence-corrected chi connectivity index (χ0v) is 17.1. The van der Waals surface area contributed by atoms with Crippen LogP contribution >= 0.6 is 22.9 Å². The molecule has 1 heterocycles. The summed E-state index contributed by atoms with van der Waals surface area (Å²) in [4.78, 5) is 17.3. The van der Waals surface area contributed by atoms with Crippen LogP contribution in [0.3, 0.4) is 0 Å². The number of hydrogen-bond donors (Lipinski definition) is 1. The van der Waals surface area contributed by atoms with E-state index in [4.69, 9.17) is 21.3 Å². The van der Waals surface area contributed by atoms with Crippen molar-refractivity contribution in [2.75, 3.05) is 12.4 Å². The van der Waals surface area contributed by atoms with Gasteiger partial charge in [0.25, 0.3) is 5.91 Å². The summed E-state index contributed by atoms with van der Waals surface area (Å²) in [6.07, 6.45) is 0. The molecule has 0 atom stereocenters. The third-order valence-corrected chi connectivity index (χ3v) is 5.50. The number of nitrogens with zero attached hydrogens (tertiary/aromatic N) is 1. The fourth-order valence-corrected chi connectivity index (χ4v) is 3.91. The second-order valence-corrected chi connectivity index (χ2v) is 7.57. The molecule has 0 aliphatic heterocycles. The molecule has 6 heteroatoms. The molecular formula is C23H17ClN2O2S. The van der Waals surface area contributed by atoms with Crippen molar-refractivity contribution in [2.24, 2.45) is 0 Å². The van der Waals surface area contributed by atoms with Crippen molar-refractivity contribution >= 4 is 34.5 Å². The van der Waals surface area contributed by atoms with Gasteiger partial charge in [0.2, 0.25) is 0 Å². The molecule has 1 aromatic heterocycles. The topological polar surface area (TPSA) is 51.2 Å².